The number of aromatic nitrogens is 3. The molecule has 0 bridgehead atoms. The molecule has 0 fully saturated rings. The van der Waals surface area contributed by atoms with Gasteiger partial charge in [-0.1, -0.05) is 0 Å². The van der Waals surface area contributed by atoms with Gasteiger partial charge in [0.05, 0.1) is 22.5 Å². The second kappa shape index (κ2) is 4.81. The first-order valence-electron chi connectivity index (χ1n) is 6.00. The summed E-state index contributed by atoms with van der Waals surface area (Å²) in [4.78, 5) is 4.06. The molecule has 0 atom stereocenters. The maximum atomic E-state index is 14.0. The van der Waals surface area contributed by atoms with Crippen molar-refractivity contribution in [2.45, 2.75) is 4.90 Å². The van der Waals surface area contributed by atoms with Crippen LogP contribution in [-0.4, -0.2) is 29.3 Å². The third-order valence-corrected chi connectivity index (χ3v) is 4.04. The summed E-state index contributed by atoms with van der Waals surface area (Å²) in [5.74, 6) is -0.653. The fourth-order valence-corrected chi connectivity index (χ4v) is 2.54. The number of rotatable bonds is 3. The van der Waals surface area contributed by atoms with Gasteiger partial charge in [0, 0.05) is 18.6 Å². The van der Waals surface area contributed by atoms with Gasteiger partial charge in [0.1, 0.15) is 5.82 Å². The Bertz CT molecular complexity index is 921. The van der Waals surface area contributed by atoms with Crippen LogP contribution in [0, 0.1) is 5.82 Å². The lowest BCUT2D eigenvalue weighted by Gasteiger charge is -2.09. The van der Waals surface area contributed by atoms with Crippen LogP contribution in [-0.2, 0) is 9.84 Å². The third-order valence-electron chi connectivity index (χ3n) is 2.93. The fourth-order valence-electron chi connectivity index (χ4n) is 1.91. The quantitative estimate of drug-likeness (QED) is 0.801. The smallest absolute Gasteiger partial charge is 0.177 e. The van der Waals surface area contributed by atoms with Gasteiger partial charge in [-0.2, -0.15) is 5.10 Å². The van der Waals surface area contributed by atoms with Crippen LogP contribution in [0.5, 0.6) is 0 Å². The first-order chi connectivity index (χ1) is 9.95. The molecule has 108 valence electrons. The van der Waals surface area contributed by atoms with Crippen LogP contribution in [0.3, 0.4) is 0 Å². The molecule has 0 saturated heterocycles. The van der Waals surface area contributed by atoms with Crippen molar-refractivity contribution >= 4 is 26.9 Å². The van der Waals surface area contributed by atoms with Crippen molar-refractivity contribution in [3.8, 4) is 0 Å². The lowest BCUT2D eigenvalue weighted by molar-refractivity contribution is 0.596. The molecule has 2 heterocycles. The Morgan fingerprint density at radius 2 is 2.00 bits per heavy atom. The Kier molecular flexibility index (Phi) is 3.09. The number of nitrogens with zero attached hydrogens (tertiary/aromatic N) is 3. The molecule has 0 aliphatic heterocycles. The van der Waals surface area contributed by atoms with Gasteiger partial charge in [0.25, 0.3) is 0 Å². The zero-order chi connectivity index (χ0) is 15.0. The van der Waals surface area contributed by atoms with E-state index in [4.69, 9.17) is 0 Å². The Balaban J connectivity index is 2.01. The molecular formula is C13H11FN4O2S. The average Bonchev–Trinajstić information content (AvgIpc) is 2.89. The highest BCUT2D eigenvalue weighted by molar-refractivity contribution is 7.90. The van der Waals surface area contributed by atoms with E-state index < -0.39 is 15.7 Å². The minimum absolute atomic E-state index is 0.0637. The molecule has 0 spiro atoms. The van der Waals surface area contributed by atoms with Crippen molar-refractivity contribution in [1.82, 2.24) is 14.6 Å². The molecule has 0 aliphatic rings. The number of halogens is 1. The summed E-state index contributed by atoms with van der Waals surface area (Å²) in [7, 11) is -3.43. The second-order valence-corrected chi connectivity index (χ2v) is 6.49. The first kappa shape index (κ1) is 13.5. The van der Waals surface area contributed by atoms with Gasteiger partial charge in [-0.05, 0) is 24.3 Å². The minimum Gasteiger partial charge on any atom is -0.350 e. The molecule has 2 aromatic heterocycles. The number of sulfone groups is 1. The Hall–Kier alpha value is -2.48. The van der Waals surface area contributed by atoms with Crippen molar-refractivity contribution in [3.63, 3.8) is 0 Å². The molecule has 3 aromatic rings. The van der Waals surface area contributed by atoms with Crippen LogP contribution >= 0.6 is 0 Å². The van der Waals surface area contributed by atoms with Gasteiger partial charge in [-0.15, -0.1) is 0 Å². The van der Waals surface area contributed by atoms with Crippen LogP contribution in [0.4, 0.5) is 15.8 Å². The molecule has 21 heavy (non-hydrogen) atoms. The molecule has 0 aliphatic carbocycles. The van der Waals surface area contributed by atoms with Gasteiger partial charge in [-0.3, -0.25) is 0 Å². The van der Waals surface area contributed by atoms with Gasteiger partial charge in [0.15, 0.2) is 15.5 Å². The fraction of sp³-hybridized carbons (Fsp3) is 0.0769. The summed E-state index contributed by atoms with van der Waals surface area (Å²) in [5, 5.41) is 6.94. The van der Waals surface area contributed by atoms with E-state index >= 15 is 0 Å². The summed E-state index contributed by atoms with van der Waals surface area (Å²) in [6.45, 7) is 0. The monoisotopic (exact) mass is 306 g/mol. The summed E-state index contributed by atoms with van der Waals surface area (Å²) in [6, 6.07) is 5.38. The van der Waals surface area contributed by atoms with E-state index in [2.05, 4.69) is 15.4 Å². The minimum atomic E-state index is -3.43. The van der Waals surface area contributed by atoms with Crippen LogP contribution < -0.4 is 5.32 Å². The van der Waals surface area contributed by atoms with Crippen molar-refractivity contribution in [2.75, 3.05) is 11.6 Å². The van der Waals surface area contributed by atoms with E-state index in [9.17, 15) is 12.8 Å². The van der Waals surface area contributed by atoms with Crippen LogP contribution in [0.1, 0.15) is 0 Å². The molecule has 0 unspecified atom stereocenters. The van der Waals surface area contributed by atoms with E-state index in [-0.39, 0.29) is 10.6 Å². The number of hydrogen-bond donors (Lipinski definition) is 1. The summed E-state index contributed by atoms with van der Waals surface area (Å²) < 4.78 is 38.3. The number of anilines is 2. The number of hydrogen-bond acceptors (Lipinski definition) is 5. The van der Waals surface area contributed by atoms with Gasteiger partial charge in [0.2, 0.25) is 0 Å². The van der Waals surface area contributed by atoms with Gasteiger partial charge < -0.3 is 5.32 Å². The lowest BCUT2D eigenvalue weighted by atomic mass is 10.3. The number of nitrogens with one attached hydrogen (secondary N) is 1. The third kappa shape index (κ3) is 2.57. The first-order valence-corrected chi connectivity index (χ1v) is 7.89. The van der Waals surface area contributed by atoms with E-state index in [0.29, 0.717) is 11.3 Å². The highest BCUT2D eigenvalue weighted by Crippen LogP contribution is 2.24. The number of benzene rings is 1. The van der Waals surface area contributed by atoms with Crippen molar-refractivity contribution in [3.05, 3.63) is 48.7 Å². The van der Waals surface area contributed by atoms with Crippen LogP contribution in [0.2, 0.25) is 0 Å². The summed E-state index contributed by atoms with van der Waals surface area (Å²) >= 11 is 0. The van der Waals surface area contributed by atoms with Gasteiger partial charge in [-0.25, -0.2) is 22.3 Å². The summed E-state index contributed by atoms with van der Waals surface area (Å²) in [5.41, 5.74) is 1.28. The van der Waals surface area contributed by atoms with Gasteiger partial charge >= 0.3 is 0 Å². The maximum absolute atomic E-state index is 14.0. The molecular weight excluding hydrogens is 295 g/mol. The topological polar surface area (TPSA) is 76.4 Å². The number of imidazole rings is 1. The maximum Gasteiger partial charge on any atom is 0.177 e. The molecule has 0 saturated carbocycles. The van der Waals surface area contributed by atoms with E-state index in [0.717, 1.165) is 12.3 Å². The van der Waals surface area contributed by atoms with E-state index in [1.807, 2.05) is 0 Å². The molecule has 3 rings (SSSR count). The van der Waals surface area contributed by atoms with Crippen molar-refractivity contribution < 1.29 is 12.8 Å². The lowest BCUT2D eigenvalue weighted by Crippen LogP contribution is -2.01. The average molecular weight is 306 g/mol. The van der Waals surface area contributed by atoms with Crippen LogP contribution in [0.15, 0.2) is 47.8 Å². The molecule has 8 heteroatoms. The predicted molar refractivity (Wildman–Crippen MR) is 75.8 cm³/mol. The zero-order valence-corrected chi connectivity index (χ0v) is 11.8. The highest BCUT2D eigenvalue weighted by Gasteiger charge is 2.12. The molecule has 0 radical (unpaired) electrons. The van der Waals surface area contributed by atoms with E-state index in [1.165, 1.54) is 12.1 Å². The van der Waals surface area contributed by atoms with Crippen molar-refractivity contribution in [2.24, 2.45) is 0 Å². The van der Waals surface area contributed by atoms with E-state index in [1.54, 1.807) is 29.2 Å². The Morgan fingerprint density at radius 1 is 1.19 bits per heavy atom. The standard InChI is InChI=1S/C13H11FN4O2S/c1-21(19,20)9-2-3-11(10(14)8-9)17-12-4-5-16-18-7-6-15-13(12)18/h2-8,17H,1H3. The molecule has 6 nitrogen and oxygen atoms in total. The normalized spacial score (nSPS) is 11.7. The Morgan fingerprint density at radius 3 is 2.71 bits per heavy atom. The zero-order valence-electron chi connectivity index (χ0n) is 11.0. The highest BCUT2D eigenvalue weighted by atomic mass is 32.2. The predicted octanol–water partition coefficient (Wildman–Crippen LogP) is 2.02. The Labute approximate surface area is 120 Å². The molecule has 1 aromatic carbocycles. The molecule has 1 N–H and O–H groups in total. The largest absolute Gasteiger partial charge is 0.350 e. The second-order valence-electron chi connectivity index (χ2n) is 4.48. The molecule has 0 amide bonds. The van der Waals surface area contributed by atoms with Crippen molar-refractivity contribution in [1.29, 1.82) is 0 Å². The van der Waals surface area contributed by atoms with Crippen LogP contribution in [0.25, 0.3) is 5.65 Å². The number of fused-ring (bicyclic) bond motifs is 1. The SMILES string of the molecule is CS(=O)(=O)c1ccc(Nc2ccnn3ccnc23)c(F)c1. The summed E-state index contributed by atoms with van der Waals surface area (Å²) in [6.07, 6.45) is 5.84.